The molecule has 1 unspecified atom stereocenters. The Kier molecular flexibility index (Phi) is 7.14. The van der Waals surface area contributed by atoms with Crippen LogP contribution in [0.3, 0.4) is 0 Å². The highest BCUT2D eigenvalue weighted by atomic mass is 16.6. The molecule has 1 aliphatic heterocycles. The fourth-order valence-electron chi connectivity index (χ4n) is 5.02. The van der Waals surface area contributed by atoms with E-state index in [-0.39, 0.29) is 24.8 Å². The number of rotatable bonds is 5. The lowest BCUT2D eigenvalue weighted by molar-refractivity contribution is 0.0499. The largest absolute Gasteiger partial charge is 0.444 e. The molecular formula is C28H34N8O4. The molecule has 1 N–H and O–H groups in total. The number of imidazole rings is 2. The van der Waals surface area contributed by atoms with Crippen molar-refractivity contribution in [2.45, 2.75) is 65.3 Å². The highest BCUT2D eigenvalue weighted by molar-refractivity contribution is 5.75. The molecule has 4 aromatic heterocycles. The van der Waals surface area contributed by atoms with E-state index in [4.69, 9.17) is 9.72 Å². The maximum atomic E-state index is 13.9. The van der Waals surface area contributed by atoms with Gasteiger partial charge < -0.3 is 19.4 Å². The van der Waals surface area contributed by atoms with E-state index in [1.807, 2.05) is 60.7 Å². The number of piperidine rings is 1. The number of aromatic nitrogens is 6. The molecule has 4 aromatic rings. The van der Waals surface area contributed by atoms with Crippen LogP contribution in [0.2, 0.25) is 0 Å². The summed E-state index contributed by atoms with van der Waals surface area (Å²) in [6.07, 6.45) is 4.80. The van der Waals surface area contributed by atoms with Gasteiger partial charge in [0.1, 0.15) is 11.2 Å². The Hall–Kier alpha value is -4.53. The van der Waals surface area contributed by atoms with Gasteiger partial charge in [-0.3, -0.25) is 18.5 Å². The second-order valence-corrected chi connectivity index (χ2v) is 11.0. The van der Waals surface area contributed by atoms with Gasteiger partial charge in [-0.1, -0.05) is 12.0 Å². The first-order valence-corrected chi connectivity index (χ1v) is 13.3. The highest BCUT2D eigenvalue weighted by Gasteiger charge is 2.29. The van der Waals surface area contributed by atoms with Crippen LogP contribution in [0.1, 0.15) is 46.2 Å². The lowest BCUT2D eigenvalue weighted by Gasteiger charge is -2.34. The Balaban J connectivity index is 1.54. The van der Waals surface area contributed by atoms with E-state index in [2.05, 4.69) is 22.1 Å². The third-order valence-corrected chi connectivity index (χ3v) is 6.79. The number of nitrogens with zero attached hydrogens (tertiary/aromatic N) is 7. The summed E-state index contributed by atoms with van der Waals surface area (Å²) in [6.45, 7) is 8.61. The summed E-state index contributed by atoms with van der Waals surface area (Å²) in [7, 11) is 1.61. The van der Waals surface area contributed by atoms with Crippen molar-refractivity contribution < 1.29 is 9.53 Å². The van der Waals surface area contributed by atoms with Gasteiger partial charge in [0.05, 0.1) is 18.8 Å². The Labute approximate surface area is 231 Å². The molecule has 5 rings (SSSR count). The number of hydrogen-bond donors (Lipinski definition) is 1. The van der Waals surface area contributed by atoms with Gasteiger partial charge in [-0.05, 0) is 52.7 Å². The summed E-state index contributed by atoms with van der Waals surface area (Å²) < 4.78 is 11.6. The maximum Gasteiger partial charge on any atom is 0.407 e. The molecule has 0 saturated carbocycles. The number of amides is 1. The first kappa shape index (κ1) is 27.1. The molecule has 0 aromatic carbocycles. The summed E-state index contributed by atoms with van der Waals surface area (Å²) in [5.41, 5.74) is 0.384. The predicted octanol–water partition coefficient (Wildman–Crippen LogP) is 2.11. The molecule has 0 radical (unpaired) electrons. The summed E-state index contributed by atoms with van der Waals surface area (Å²) >= 11 is 0. The molecule has 0 bridgehead atoms. The van der Waals surface area contributed by atoms with Crippen molar-refractivity contribution in [2.75, 3.05) is 18.0 Å². The topological polar surface area (TPSA) is 121 Å². The molecule has 1 saturated heterocycles. The Morgan fingerprint density at radius 1 is 1.20 bits per heavy atom. The van der Waals surface area contributed by atoms with Gasteiger partial charge >= 0.3 is 11.8 Å². The third kappa shape index (κ3) is 5.32. The molecule has 12 heteroatoms. The van der Waals surface area contributed by atoms with Gasteiger partial charge in [0.15, 0.2) is 11.2 Å². The summed E-state index contributed by atoms with van der Waals surface area (Å²) in [4.78, 5) is 51.0. The predicted molar refractivity (Wildman–Crippen MR) is 152 cm³/mol. The second kappa shape index (κ2) is 10.6. The van der Waals surface area contributed by atoms with Gasteiger partial charge in [-0.25, -0.2) is 14.6 Å². The highest BCUT2D eigenvalue weighted by Crippen LogP contribution is 2.23. The van der Waals surface area contributed by atoms with Gasteiger partial charge in [-0.15, -0.1) is 5.92 Å². The van der Waals surface area contributed by atoms with Crippen molar-refractivity contribution in [3.05, 3.63) is 57.1 Å². The zero-order chi connectivity index (χ0) is 28.6. The van der Waals surface area contributed by atoms with Crippen molar-refractivity contribution in [1.82, 2.24) is 33.4 Å². The van der Waals surface area contributed by atoms with Crippen molar-refractivity contribution in [2.24, 2.45) is 7.05 Å². The minimum absolute atomic E-state index is 0.0225. The first-order chi connectivity index (χ1) is 19.1. The first-order valence-electron chi connectivity index (χ1n) is 13.3. The van der Waals surface area contributed by atoms with E-state index in [1.54, 1.807) is 18.5 Å². The van der Waals surface area contributed by atoms with E-state index in [9.17, 15) is 14.4 Å². The number of fused-ring (bicyclic) bond motifs is 2. The smallest absolute Gasteiger partial charge is 0.407 e. The Bertz CT molecular complexity index is 1730. The van der Waals surface area contributed by atoms with Crippen LogP contribution < -0.4 is 21.5 Å². The monoisotopic (exact) mass is 546 g/mol. The number of alkyl carbamates (subject to hydrolysis) is 1. The Morgan fingerprint density at radius 2 is 2.00 bits per heavy atom. The van der Waals surface area contributed by atoms with E-state index >= 15 is 0 Å². The number of nitrogens with one attached hydrogen (secondary N) is 1. The molecule has 0 spiro atoms. The molecule has 1 atom stereocenters. The van der Waals surface area contributed by atoms with Gasteiger partial charge in [0.25, 0.3) is 5.56 Å². The summed E-state index contributed by atoms with van der Waals surface area (Å²) in [5, 5.41) is 2.95. The maximum absolute atomic E-state index is 13.9. The number of carbonyl (C=O) groups is 1. The lowest BCUT2D eigenvalue weighted by atomic mass is 10.1. The normalized spacial score (nSPS) is 15.7. The van der Waals surface area contributed by atoms with Crippen molar-refractivity contribution in [3.63, 3.8) is 0 Å². The number of aryl methyl sites for hydroxylation is 1. The number of pyridine rings is 1. The quantitative estimate of drug-likeness (QED) is 0.381. The zero-order valence-electron chi connectivity index (χ0n) is 23.5. The number of hydrogen-bond acceptors (Lipinski definition) is 7. The lowest BCUT2D eigenvalue weighted by Crippen LogP contribution is -2.49. The van der Waals surface area contributed by atoms with Crippen LogP contribution in [0.4, 0.5) is 10.7 Å². The fraction of sp³-hybridized carbons (Fsp3) is 0.464. The Morgan fingerprint density at radius 3 is 2.73 bits per heavy atom. The van der Waals surface area contributed by atoms with Crippen LogP contribution in [0.15, 0.2) is 40.2 Å². The number of anilines is 1. The fourth-order valence-corrected chi connectivity index (χ4v) is 5.02. The van der Waals surface area contributed by atoms with E-state index in [0.717, 1.165) is 18.5 Å². The molecule has 5 heterocycles. The summed E-state index contributed by atoms with van der Waals surface area (Å²) in [5.74, 6) is 6.47. The molecule has 1 amide bonds. The van der Waals surface area contributed by atoms with Crippen LogP contribution in [0, 0.1) is 11.8 Å². The molecule has 1 fully saturated rings. The average molecular weight is 547 g/mol. The minimum Gasteiger partial charge on any atom is -0.444 e. The van der Waals surface area contributed by atoms with Gasteiger partial charge in [0.2, 0.25) is 5.95 Å². The third-order valence-electron chi connectivity index (χ3n) is 6.79. The molecule has 40 heavy (non-hydrogen) atoms. The van der Waals surface area contributed by atoms with Crippen LogP contribution in [0.25, 0.3) is 16.8 Å². The van der Waals surface area contributed by atoms with Crippen LogP contribution in [-0.2, 0) is 24.9 Å². The van der Waals surface area contributed by atoms with Crippen molar-refractivity contribution >= 4 is 28.9 Å². The van der Waals surface area contributed by atoms with Crippen LogP contribution in [0.5, 0.6) is 0 Å². The average Bonchev–Trinajstić information content (AvgIpc) is 3.49. The zero-order valence-corrected chi connectivity index (χ0v) is 23.5. The SMILES string of the molecule is CC#CCn1c(N2CCCC(NC(=O)OC(C)(C)C)C2)nc2c1c(=O)n(Cc1cn3ccccc3n1)c(=O)n2C. The van der Waals surface area contributed by atoms with E-state index in [1.165, 1.54) is 9.13 Å². The van der Waals surface area contributed by atoms with Crippen molar-refractivity contribution in [1.29, 1.82) is 0 Å². The van der Waals surface area contributed by atoms with Crippen molar-refractivity contribution in [3.8, 4) is 11.8 Å². The molecular weight excluding hydrogens is 512 g/mol. The van der Waals surface area contributed by atoms with Crippen LogP contribution in [-0.4, -0.2) is 58.9 Å². The minimum atomic E-state index is -0.598. The summed E-state index contributed by atoms with van der Waals surface area (Å²) in [6, 6.07) is 5.47. The number of ether oxygens (including phenoxy) is 1. The molecule has 1 aliphatic rings. The van der Waals surface area contributed by atoms with Gasteiger partial charge in [0, 0.05) is 38.6 Å². The molecule has 210 valence electrons. The second-order valence-electron chi connectivity index (χ2n) is 11.0. The van der Waals surface area contributed by atoms with E-state index in [0.29, 0.717) is 30.2 Å². The standard InChI is InChI=1S/C28H34N8O4/c1-6-7-15-35-22-23(31-25(35)34-14-10-11-19(16-34)30-26(38)40-28(2,3)4)32(5)27(39)36(24(22)37)18-20-17-33-13-9-8-12-21(33)29-20/h8-9,12-13,17,19H,10-11,14-16,18H2,1-5H3,(H,30,38). The van der Waals surface area contributed by atoms with Crippen LogP contribution >= 0.6 is 0 Å². The molecule has 0 aliphatic carbocycles. The molecule has 12 nitrogen and oxygen atoms in total. The van der Waals surface area contributed by atoms with Gasteiger partial charge in [-0.2, -0.15) is 4.98 Å². The number of carbonyl (C=O) groups excluding carboxylic acids is 1. The van der Waals surface area contributed by atoms with E-state index < -0.39 is 22.9 Å².